The van der Waals surface area contributed by atoms with Crippen LogP contribution in [0.25, 0.3) is 0 Å². The maximum Gasteiger partial charge on any atom is 0.310 e. The van der Waals surface area contributed by atoms with E-state index in [0.29, 0.717) is 18.9 Å². The van der Waals surface area contributed by atoms with Crippen molar-refractivity contribution in [1.29, 1.82) is 0 Å². The summed E-state index contributed by atoms with van der Waals surface area (Å²) in [6, 6.07) is 7.34. The molecule has 0 aliphatic carbocycles. The molecule has 140 valence electrons. The highest BCUT2D eigenvalue weighted by Crippen LogP contribution is 2.18. The van der Waals surface area contributed by atoms with Crippen LogP contribution in [0.2, 0.25) is 0 Å². The zero-order chi connectivity index (χ0) is 18.7. The molecule has 0 saturated heterocycles. The lowest BCUT2D eigenvalue weighted by atomic mass is 10.1. The molecule has 0 fully saturated rings. The van der Waals surface area contributed by atoms with Crippen molar-refractivity contribution in [2.24, 2.45) is 5.92 Å². The number of rotatable bonds is 11. The number of benzene rings is 1. The molecule has 0 aliphatic rings. The third-order valence-electron chi connectivity index (χ3n) is 3.46. The standard InChI is InChI=1S/C18H28N2O5/c1-13(2)18(23)20-16(21)12-19-9-6-10-25-15-8-5-4-7-14(15)11-17(22)24-3/h4-5,7-8,13,16,19,21H,6,9-12H2,1-3H3,(H,20,23). The Hall–Kier alpha value is -2.12. The lowest BCUT2D eigenvalue weighted by Crippen LogP contribution is -2.43. The molecule has 1 unspecified atom stereocenters. The Bertz CT molecular complexity index is 548. The van der Waals surface area contributed by atoms with E-state index in [2.05, 4.69) is 15.4 Å². The van der Waals surface area contributed by atoms with Gasteiger partial charge in [-0.1, -0.05) is 32.0 Å². The van der Waals surface area contributed by atoms with Gasteiger partial charge in [-0.15, -0.1) is 0 Å². The van der Waals surface area contributed by atoms with E-state index >= 15 is 0 Å². The maximum atomic E-state index is 11.4. The molecule has 25 heavy (non-hydrogen) atoms. The van der Waals surface area contributed by atoms with Crippen molar-refractivity contribution in [1.82, 2.24) is 10.6 Å². The molecule has 1 atom stereocenters. The minimum absolute atomic E-state index is 0.159. The third-order valence-corrected chi connectivity index (χ3v) is 3.46. The summed E-state index contributed by atoms with van der Waals surface area (Å²) in [7, 11) is 1.36. The summed E-state index contributed by atoms with van der Waals surface area (Å²) in [6.45, 7) is 4.92. The van der Waals surface area contributed by atoms with Gasteiger partial charge in [0.05, 0.1) is 20.1 Å². The second-order valence-corrected chi connectivity index (χ2v) is 5.95. The van der Waals surface area contributed by atoms with Gasteiger partial charge in [0.2, 0.25) is 5.91 Å². The molecule has 0 heterocycles. The second kappa shape index (κ2) is 11.4. The predicted octanol–water partition coefficient (Wildman–Crippen LogP) is 0.851. The molecule has 1 rings (SSSR count). The van der Waals surface area contributed by atoms with Gasteiger partial charge in [-0.2, -0.15) is 0 Å². The third kappa shape index (κ3) is 8.51. The molecule has 7 nitrogen and oxygen atoms in total. The van der Waals surface area contributed by atoms with Crippen LogP contribution < -0.4 is 15.4 Å². The minimum atomic E-state index is -0.906. The Labute approximate surface area is 148 Å². The van der Waals surface area contributed by atoms with E-state index in [1.807, 2.05) is 24.3 Å². The van der Waals surface area contributed by atoms with Gasteiger partial charge < -0.3 is 25.2 Å². The lowest BCUT2D eigenvalue weighted by Gasteiger charge is -2.15. The monoisotopic (exact) mass is 352 g/mol. The van der Waals surface area contributed by atoms with Crippen molar-refractivity contribution >= 4 is 11.9 Å². The van der Waals surface area contributed by atoms with Gasteiger partial charge in [-0.25, -0.2) is 0 Å². The number of aliphatic hydroxyl groups excluding tert-OH is 1. The maximum absolute atomic E-state index is 11.4. The molecule has 3 N–H and O–H groups in total. The largest absolute Gasteiger partial charge is 0.493 e. The number of methoxy groups -OCH3 is 1. The molecule has 1 aromatic carbocycles. The molecule has 1 amide bonds. The summed E-state index contributed by atoms with van der Waals surface area (Å²) in [5.41, 5.74) is 0.786. The van der Waals surface area contributed by atoms with Crippen molar-refractivity contribution in [3.05, 3.63) is 29.8 Å². The Morgan fingerprint density at radius 2 is 1.96 bits per heavy atom. The van der Waals surface area contributed by atoms with Crippen LogP contribution in [-0.2, 0) is 20.7 Å². The van der Waals surface area contributed by atoms with Crippen molar-refractivity contribution < 1.29 is 24.2 Å². The van der Waals surface area contributed by atoms with Crippen LogP contribution >= 0.6 is 0 Å². The number of carbonyl (C=O) groups is 2. The fourth-order valence-corrected chi connectivity index (χ4v) is 2.02. The highest BCUT2D eigenvalue weighted by molar-refractivity contribution is 5.78. The number of nitrogens with one attached hydrogen (secondary N) is 2. The van der Waals surface area contributed by atoms with Gasteiger partial charge in [0.15, 0.2) is 0 Å². The summed E-state index contributed by atoms with van der Waals surface area (Å²) in [4.78, 5) is 22.8. The van der Waals surface area contributed by atoms with Gasteiger partial charge in [-0.05, 0) is 19.0 Å². The first-order valence-electron chi connectivity index (χ1n) is 8.40. The Kier molecular flexibility index (Phi) is 9.57. The number of amides is 1. The normalized spacial score (nSPS) is 11.9. The first-order valence-corrected chi connectivity index (χ1v) is 8.40. The first kappa shape index (κ1) is 20.9. The van der Waals surface area contributed by atoms with Crippen molar-refractivity contribution in [3.8, 4) is 5.75 Å². The van der Waals surface area contributed by atoms with Crippen molar-refractivity contribution in [3.63, 3.8) is 0 Å². The van der Waals surface area contributed by atoms with Crippen molar-refractivity contribution in [2.45, 2.75) is 32.9 Å². The highest BCUT2D eigenvalue weighted by Gasteiger charge is 2.11. The molecule has 7 heteroatoms. The number of hydrogen-bond acceptors (Lipinski definition) is 6. The van der Waals surface area contributed by atoms with E-state index in [9.17, 15) is 14.7 Å². The fraction of sp³-hybridized carbons (Fsp3) is 0.556. The Morgan fingerprint density at radius 1 is 1.24 bits per heavy atom. The molecule has 0 bridgehead atoms. The van der Waals surface area contributed by atoms with Gasteiger partial charge >= 0.3 is 5.97 Å². The van der Waals surface area contributed by atoms with Crippen LogP contribution in [-0.4, -0.2) is 50.0 Å². The summed E-state index contributed by atoms with van der Waals surface area (Å²) in [6.07, 6.45) is -0.0130. The zero-order valence-electron chi connectivity index (χ0n) is 15.1. The minimum Gasteiger partial charge on any atom is -0.493 e. The smallest absolute Gasteiger partial charge is 0.310 e. The van der Waals surface area contributed by atoms with Crippen LogP contribution in [0.5, 0.6) is 5.75 Å². The number of para-hydroxylation sites is 1. The Morgan fingerprint density at radius 3 is 2.64 bits per heavy atom. The molecule has 1 aromatic rings. The molecule has 0 aromatic heterocycles. The second-order valence-electron chi connectivity index (χ2n) is 5.95. The Balaban J connectivity index is 2.24. The number of aliphatic hydroxyl groups is 1. The number of carbonyl (C=O) groups excluding carboxylic acids is 2. The van der Waals surface area contributed by atoms with E-state index < -0.39 is 6.23 Å². The molecular weight excluding hydrogens is 324 g/mol. The number of hydrogen-bond donors (Lipinski definition) is 3. The van der Waals surface area contributed by atoms with Crippen LogP contribution in [0.1, 0.15) is 25.8 Å². The molecule has 0 saturated carbocycles. The summed E-state index contributed by atoms with van der Waals surface area (Å²) in [5.74, 6) is 0.0141. The van der Waals surface area contributed by atoms with E-state index in [1.165, 1.54) is 7.11 Å². The SMILES string of the molecule is COC(=O)Cc1ccccc1OCCCNCC(O)NC(=O)C(C)C. The van der Waals surface area contributed by atoms with Crippen LogP contribution in [0, 0.1) is 5.92 Å². The number of ether oxygens (including phenoxy) is 2. The number of esters is 1. The fourth-order valence-electron chi connectivity index (χ4n) is 2.02. The topological polar surface area (TPSA) is 96.9 Å². The van der Waals surface area contributed by atoms with Gasteiger partial charge in [0.25, 0.3) is 0 Å². The predicted molar refractivity (Wildman–Crippen MR) is 94.1 cm³/mol. The summed E-state index contributed by atoms with van der Waals surface area (Å²) in [5, 5.41) is 15.2. The molecular formula is C18H28N2O5. The van der Waals surface area contributed by atoms with E-state index in [-0.39, 0.29) is 30.8 Å². The van der Waals surface area contributed by atoms with Crippen LogP contribution in [0.15, 0.2) is 24.3 Å². The highest BCUT2D eigenvalue weighted by atomic mass is 16.5. The molecule has 0 spiro atoms. The lowest BCUT2D eigenvalue weighted by molar-refractivity contribution is -0.139. The summed E-state index contributed by atoms with van der Waals surface area (Å²) >= 11 is 0. The average molecular weight is 352 g/mol. The van der Waals surface area contributed by atoms with E-state index in [1.54, 1.807) is 13.8 Å². The van der Waals surface area contributed by atoms with E-state index in [4.69, 9.17) is 4.74 Å². The van der Waals surface area contributed by atoms with Crippen molar-refractivity contribution in [2.75, 3.05) is 26.8 Å². The zero-order valence-corrected chi connectivity index (χ0v) is 15.1. The van der Waals surface area contributed by atoms with Gasteiger partial charge in [0, 0.05) is 18.0 Å². The van der Waals surface area contributed by atoms with Gasteiger partial charge in [0.1, 0.15) is 12.0 Å². The molecule has 0 radical (unpaired) electrons. The van der Waals surface area contributed by atoms with Crippen LogP contribution in [0.4, 0.5) is 0 Å². The van der Waals surface area contributed by atoms with E-state index in [0.717, 1.165) is 12.0 Å². The van der Waals surface area contributed by atoms with Crippen LogP contribution in [0.3, 0.4) is 0 Å². The summed E-state index contributed by atoms with van der Waals surface area (Å²) < 4.78 is 10.4. The quantitative estimate of drug-likeness (QED) is 0.310. The molecule has 0 aliphatic heterocycles. The first-order chi connectivity index (χ1) is 11.9. The van der Waals surface area contributed by atoms with Gasteiger partial charge in [-0.3, -0.25) is 9.59 Å². The average Bonchev–Trinajstić information content (AvgIpc) is 2.58.